The summed E-state index contributed by atoms with van der Waals surface area (Å²) in [5.41, 5.74) is 0.892. The molecule has 0 saturated carbocycles. The molecule has 0 radical (unpaired) electrons. The zero-order valence-electron chi connectivity index (χ0n) is 8.86. The number of hydrogen-bond donors (Lipinski definition) is 2. The smallest absolute Gasteiger partial charge is 0.127 e. The fourth-order valence-electron chi connectivity index (χ4n) is 1.97. The van der Waals surface area contributed by atoms with E-state index in [9.17, 15) is 10.2 Å². The fourth-order valence-corrected chi connectivity index (χ4v) is 1.97. The molecule has 2 nitrogen and oxygen atoms in total. The van der Waals surface area contributed by atoms with Crippen molar-refractivity contribution in [2.45, 2.75) is 19.8 Å². The van der Waals surface area contributed by atoms with Crippen LogP contribution in [-0.4, -0.2) is 10.2 Å². The van der Waals surface area contributed by atoms with Gasteiger partial charge in [-0.1, -0.05) is 38.1 Å². The van der Waals surface area contributed by atoms with Crippen LogP contribution in [0.15, 0.2) is 30.3 Å². The summed E-state index contributed by atoms with van der Waals surface area (Å²) in [6, 6.07) is 8.98. The first-order valence-corrected chi connectivity index (χ1v) is 5.05. The molecule has 0 saturated heterocycles. The summed E-state index contributed by atoms with van der Waals surface area (Å²) in [7, 11) is 0. The van der Waals surface area contributed by atoms with E-state index in [2.05, 4.69) is 0 Å². The Morgan fingerprint density at radius 3 is 2.13 bits per heavy atom. The normalized spacial score (nSPS) is 11.1. The molecule has 0 aliphatic heterocycles. The van der Waals surface area contributed by atoms with Crippen LogP contribution in [0.4, 0.5) is 0 Å². The van der Waals surface area contributed by atoms with Crippen LogP contribution in [0.2, 0.25) is 0 Å². The predicted octanol–water partition coefficient (Wildman–Crippen LogP) is 3.37. The summed E-state index contributed by atoms with van der Waals surface area (Å²) in [6.45, 7) is 4.05. The third-order valence-electron chi connectivity index (χ3n) is 2.62. The predicted molar refractivity (Wildman–Crippen MR) is 61.4 cm³/mol. The Balaban J connectivity index is 2.90. The highest BCUT2D eigenvalue weighted by molar-refractivity contribution is 5.93. The summed E-state index contributed by atoms with van der Waals surface area (Å²) in [4.78, 5) is 0. The van der Waals surface area contributed by atoms with Gasteiger partial charge in [0.2, 0.25) is 0 Å². The molecule has 0 aliphatic rings. The van der Waals surface area contributed by atoms with Crippen molar-refractivity contribution >= 4 is 10.8 Å². The van der Waals surface area contributed by atoms with Gasteiger partial charge in [-0.3, -0.25) is 0 Å². The number of rotatable bonds is 1. The zero-order chi connectivity index (χ0) is 11.0. The van der Waals surface area contributed by atoms with Crippen LogP contribution in [0.1, 0.15) is 25.3 Å². The molecule has 0 amide bonds. The second-order valence-electron chi connectivity index (χ2n) is 4.03. The lowest BCUT2D eigenvalue weighted by atomic mass is 9.94. The number of phenolic OH excluding ortho intramolecular Hbond substituents is 2. The lowest BCUT2D eigenvalue weighted by Crippen LogP contribution is -1.90. The van der Waals surface area contributed by atoms with Gasteiger partial charge in [-0.2, -0.15) is 0 Å². The highest BCUT2D eigenvalue weighted by Gasteiger charge is 2.13. The molecule has 2 aromatic carbocycles. The third-order valence-corrected chi connectivity index (χ3v) is 2.62. The van der Waals surface area contributed by atoms with Crippen molar-refractivity contribution in [3.63, 3.8) is 0 Å². The molecular formula is C13H14O2. The van der Waals surface area contributed by atoms with Gasteiger partial charge >= 0.3 is 0 Å². The van der Waals surface area contributed by atoms with Gasteiger partial charge in [0.05, 0.1) is 0 Å². The van der Waals surface area contributed by atoms with Crippen molar-refractivity contribution in [2.75, 3.05) is 0 Å². The van der Waals surface area contributed by atoms with E-state index in [1.807, 2.05) is 38.1 Å². The Bertz CT molecular complexity index is 501. The minimum Gasteiger partial charge on any atom is -0.507 e. The van der Waals surface area contributed by atoms with Gasteiger partial charge in [-0.05, 0) is 11.3 Å². The Labute approximate surface area is 88.8 Å². The molecule has 0 aromatic heterocycles. The van der Waals surface area contributed by atoms with E-state index < -0.39 is 0 Å². The number of benzene rings is 2. The highest BCUT2D eigenvalue weighted by atomic mass is 16.3. The topological polar surface area (TPSA) is 40.5 Å². The van der Waals surface area contributed by atoms with Crippen LogP contribution >= 0.6 is 0 Å². The lowest BCUT2D eigenvalue weighted by molar-refractivity contribution is 0.448. The second kappa shape index (κ2) is 3.46. The summed E-state index contributed by atoms with van der Waals surface area (Å²) in [5.74, 6) is 0.532. The van der Waals surface area contributed by atoms with Gasteiger partial charge in [-0.15, -0.1) is 0 Å². The molecule has 2 aromatic rings. The summed E-state index contributed by atoms with van der Waals surface area (Å²) < 4.78 is 0. The number of phenols is 2. The minimum absolute atomic E-state index is 0.132. The van der Waals surface area contributed by atoms with Crippen LogP contribution in [0.3, 0.4) is 0 Å². The minimum atomic E-state index is 0.132. The van der Waals surface area contributed by atoms with Gasteiger partial charge in [-0.25, -0.2) is 0 Å². The molecule has 15 heavy (non-hydrogen) atoms. The van der Waals surface area contributed by atoms with E-state index >= 15 is 0 Å². The molecule has 0 heterocycles. The fraction of sp³-hybridized carbons (Fsp3) is 0.231. The summed E-state index contributed by atoms with van der Waals surface area (Å²) in [5, 5.41) is 21.2. The molecule has 0 atom stereocenters. The monoisotopic (exact) mass is 202 g/mol. The van der Waals surface area contributed by atoms with Crippen LogP contribution in [-0.2, 0) is 0 Å². The van der Waals surface area contributed by atoms with Crippen molar-refractivity contribution in [1.82, 2.24) is 0 Å². The Morgan fingerprint density at radius 2 is 1.53 bits per heavy atom. The number of hydrogen-bond acceptors (Lipinski definition) is 2. The molecule has 0 aliphatic carbocycles. The Morgan fingerprint density at radius 1 is 0.933 bits per heavy atom. The van der Waals surface area contributed by atoms with Crippen molar-refractivity contribution in [3.8, 4) is 11.5 Å². The molecule has 2 rings (SSSR count). The van der Waals surface area contributed by atoms with Crippen molar-refractivity contribution < 1.29 is 10.2 Å². The maximum absolute atomic E-state index is 9.80. The van der Waals surface area contributed by atoms with E-state index in [1.54, 1.807) is 0 Å². The maximum atomic E-state index is 9.80. The molecule has 78 valence electrons. The van der Waals surface area contributed by atoms with Crippen LogP contribution < -0.4 is 0 Å². The van der Waals surface area contributed by atoms with E-state index in [1.165, 1.54) is 6.07 Å². The van der Waals surface area contributed by atoms with Gasteiger partial charge in [0, 0.05) is 17.0 Å². The highest BCUT2D eigenvalue weighted by Crippen LogP contribution is 2.38. The first-order valence-electron chi connectivity index (χ1n) is 5.05. The molecule has 2 N–H and O–H groups in total. The molecule has 0 bridgehead atoms. The van der Waals surface area contributed by atoms with Gasteiger partial charge < -0.3 is 10.2 Å². The number of aromatic hydroxyl groups is 2. The lowest BCUT2D eigenvalue weighted by Gasteiger charge is -2.13. The third kappa shape index (κ3) is 1.52. The number of fused-ring (bicyclic) bond motifs is 1. The van der Waals surface area contributed by atoms with Crippen LogP contribution in [0.5, 0.6) is 11.5 Å². The van der Waals surface area contributed by atoms with Crippen molar-refractivity contribution in [1.29, 1.82) is 0 Å². The first kappa shape index (κ1) is 9.84. The second-order valence-corrected chi connectivity index (χ2v) is 4.03. The Hall–Kier alpha value is -1.70. The van der Waals surface area contributed by atoms with Gasteiger partial charge in [0.15, 0.2) is 0 Å². The standard InChI is InChI=1S/C13H14O2/c1-8(2)13-10-6-4-3-5-9(10)11(14)7-12(13)15/h3-8,14-15H,1-2H3. The summed E-state index contributed by atoms with van der Waals surface area (Å²) in [6.07, 6.45) is 0. The summed E-state index contributed by atoms with van der Waals surface area (Å²) >= 11 is 0. The Kier molecular flexibility index (Phi) is 2.27. The quantitative estimate of drug-likeness (QED) is 0.744. The van der Waals surface area contributed by atoms with E-state index in [4.69, 9.17) is 0 Å². The van der Waals surface area contributed by atoms with Crippen LogP contribution in [0, 0.1) is 0 Å². The van der Waals surface area contributed by atoms with Crippen LogP contribution in [0.25, 0.3) is 10.8 Å². The average molecular weight is 202 g/mol. The maximum Gasteiger partial charge on any atom is 0.127 e. The molecule has 0 unspecified atom stereocenters. The largest absolute Gasteiger partial charge is 0.507 e. The van der Waals surface area contributed by atoms with Crippen molar-refractivity contribution in [2.24, 2.45) is 0 Å². The first-order chi connectivity index (χ1) is 7.11. The molecule has 0 fully saturated rings. The van der Waals surface area contributed by atoms with Crippen molar-refractivity contribution in [3.05, 3.63) is 35.9 Å². The molecular weight excluding hydrogens is 188 g/mol. The molecule has 0 spiro atoms. The zero-order valence-corrected chi connectivity index (χ0v) is 8.86. The SMILES string of the molecule is CC(C)c1c(O)cc(O)c2ccccc12. The molecule has 2 heteroatoms. The van der Waals surface area contributed by atoms with Gasteiger partial charge in [0.25, 0.3) is 0 Å². The van der Waals surface area contributed by atoms with E-state index in [-0.39, 0.29) is 17.4 Å². The van der Waals surface area contributed by atoms with E-state index in [0.29, 0.717) is 0 Å². The van der Waals surface area contributed by atoms with Gasteiger partial charge in [0.1, 0.15) is 11.5 Å². The average Bonchev–Trinajstić information content (AvgIpc) is 2.17. The van der Waals surface area contributed by atoms with E-state index in [0.717, 1.165) is 16.3 Å².